The van der Waals surface area contributed by atoms with Crippen LogP contribution in [0.3, 0.4) is 0 Å². The number of hydrogen-bond acceptors (Lipinski definition) is 2. The van der Waals surface area contributed by atoms with Crippen molar-refractivity contribution in [3.8, 4) is 0 Å². The van der Waals surface area contributed by atoms with Gasteiger partial charge in [-0.25, -0.2) is 0 Å². The molecule has 1 unspecified atom stereocenters. The van der Waals surface area contributed by atoms with Crippen LogP contribution in [0.15, 0.2) is 37.1 Å². The van der Waals surface area contributed by atoms with Crippen LogP contribution in [0.4, 0.5) is 0 Å². The van der Waals surface area contributed by atoms with E-state index in [0.717, 1.165) is 25.1 Å². The fourth-order valence-corrected chi connectivity index (χ4v) is 1.50. The molecule has 0 bridgehead atoms. The molecule has 0 fully saturated rings. The Morgan fingerprint density at radius 3 is 3.00 bits per heavy atom. The molecule has 1 aromatic rings. The molecule has 1 heterocycles. The number of pyridine rings is 1. The Morgan fingerprint density at radius 1 is 1.57 bits per heavy atom. The summed E-state index contributed by atoms with van der Waals surface area (Å²) < 4.78 is 0. The van der Waals surface area contributed by atoms with E-state index in [4.69, 9.17) is 0 Å². The third-order valence-electron chi connectivity index (χ3n) is 2.13. The van der Waals surface area contributed by atoms with Gasteiger partial charge in [-0.1, -0.05) is 19.1 Å². The van der Waals surface area contributed by atoms with Gasteiger partial charge in [0.15, 0.2) is 0 Å². The third kappa shape index (κ3) is 3.71. The van der Waals surface area contributed by atoms with Gasteiger partial charge in [0, 0.05) is 24.4 Å². The summed E-state index contributed by atoms with van der Waals surface area (Å²) in [5.41, 5.74) is 1.14. The maximum atomic E-state index is 4.31. The zero-order valence-corrected chi connectivity index (χ0v) is 8.74. The van der Waals surface area contributed by atoms with Crippen LogP contribution in [0.25, 0.3) is 0 Å². The number of likely N-dealkylation sites (N-methyl/N-ethyl adjacent to an activating group) is 1. The minimum Gasteiger partial charge on any atom is -0.314 e. The summed E-state index contributed by atoms with van der Waals surface area (Å²) in [4.78, 5) is 4.31. The lowest BCUT2D eigenvalue weighted by Crippen LogP contribution is -2.30. The van der Waals surface area contributed by atoms with E-state index in [2.05, 4.69) is 29.9 Å². The van der Waals surface area contributed by atoms with Gasteiger partial charge < -0.3 is 5.32 Å². The predicted molar refractivity (Wildman–Crippen MR) is 60.2 cm³/mol. The molecule has 1 N–H and O–H groups in total. The van der Waals surface area contributed by atoms with Crippen molar-refractivity contribution in [2.24, 2.45) is 0 Å². The van der Waals surface area contributed by atoms with Crippen molar-refractivity contribution in [2.45, 2.75) is 25.8 Å². The molecule has 2 nitrogen and oxygen atoms in total. The van der Waals surface area contributed by atoms with Gasteiger partial charge in [-0.2, -0.15) is 0 Å². The molecule has 1 aromatic heterocycles. The molecule has 2 heteroatoms. The lowest BCUT2D eigenvalue weighted by Gasteiger charge is -2.15. The molecule has 0 aliphatic heterocycles. The van der Waals surface area contributed by atoms with Crippen molar-refractivity contribution >= 4 is 0 Å². The van der Waals surface area contributed by atoms with E-state index in [-0.39, 0.29) is 0 Å². The molecule has 14 heavy (non-hydrogen) atoms. The highest BCUT2D eigenvalue weighted by Gasteiger charge is 2.06. The molecule has 0 aliphatic rings. The number of rotatable bonds is 6. The summed E-state index contributed by atoms with van der Waals surface area (Å²) >= 11 is 0. The van der Waals surface area contributed by atoms with Gasteiger partial charge in [0.1, 0.15) is 0 Å². The average Bonchev–Trinajstić information content (AvgIpc) is 2.20. The van der Waals surface area contributed by atoms with Crippen LogP contribution in [-0.4, -0.2) is 17.6 Å². The first kappa shape index (κ1) is 10.9. The Hall–Kier alpha value is -1.15. The summed E-state index contributed by atoms with van der Waals surface area (Å²) in [7, 11) is 0. The van der Waals surface area contributed by atoms with Crippen molar-refractivity contribution in [1.29, 1.82) is 0 Å². The summed E-state index contributed by atoms with van der Waals surface area (Å²) in [6, 6.07) is 6.50. The fraction of sp³-hybridized carbons (Fsp3) is 0.417. The molecule has 0 saturated heterocycles. The van der Waals surface area contributed by atoms with Crippen molar-refractivity contribution in [3.63, 3.8) is 0 Å². The van der Waals surface area contributed by atoms with E-state index in [9.17, 15) is 0 Å². The molecule has 0 radical (unpaired) electrons. The molecule has 0 aliphatic carbocycles. The van der Waals surface area contributed by atoms with E-state index >= 15 is 0 Å². The minimum atomic E-state index is 0.465. The quantitative estimate of drug-likeness (QED) is 0.695. The maximum Gasteiger partial charge on any atom is 0.0419 e. The Kier molecular flexibility index (Phi) is 4.94. The van der Waals surface area contributed by atoms with Gasteiger partial charge in [-0.3, -0.25) is 4.98 Å². The second-order valence-corrected chi connectivity index (χ2v) is 3.30. The fourth-order valence-electron chi connectivity index (χ4n) is 1.50. The zero-order chi connectivity index (χ0) is 10.2. The van der Waals surface area contributed by atoms with Gasteiger partial charge in [-0.05, 0) is 25.1 Å². The second-order valence-electron chi connectivity index (χ2n) is 3.30. The SMILES string of the molecule is C=CCC(Cc1ccccn1)NCC. The Balaban J connectivity index is 2.50. The first-order chi connectivity index (χ1) is 6.86. The van der Waals surface area contributed by atoms with Gasteiger partial charge in [0.25, 0.3) is 0 Å². The molecule has 1 atom stereocenters. The molecule has 76 valence electrons. The molecule has 0 amide bonds. The van der Waals surface area contributed by atoms with Crippen LogP contribution < -0.4 is 5.32 Å². The lowest BCUT2D eigenvalue weighted by molar-refractivity contribution is 0.524. The van der Waals surface area contributed by atoms with Gasteiger partial charge >= 0.3 is 0 Å². The lowest BCUT2D eigenvalue weighted by atomic mass is 10.1. The van der Waals surface area contributed by atoms with Crippen LogP contribution in [0.2, 0.25) is 0 Å². The molecular formula is C12H18N2. The normalized spacial score (nSPS) is 12.4. The highest BCUT2D eigenvalue weighted by Crippen LogP contribution is 2.03. The standard InChI is InChI=1S/C12H18N2/c1-3-7-11(13-4-2)10-12-8-5-6-9-14-12/h3,5-6,8-9,11,13H,1,4,7,10H2,2H3. The predicted octanol–water partition coefficient (Wildman–Crippen LogP) is 2.18. The molecular weight excluding hydrogens is 172 g/mol. The van der Waals surface area contributed by atoms with Gasteiger partial charge in [0.05, 0.1) is 0 Å². The largest absolute Gasteiger partial charge is 0.314 e. The third-order valence-corrected chi connectivity index (χ3v) is 2.13. The first-order valence-corrected chi connectivity index (χ1v) is 5.11. The second kappa shape index (κ2) is 6.33. The topological polar surface area (TPSA) is 24.9 Å². The van der Waals surface area contributed by atoms with E-state index in [1.807, 2.05) is 24.4 Å². The summed E-state index contributed by atoms with van der Waals surface area (Å²) in [5, 5.41) is 3.42. The monoisotopic (exact) mass is 190 g/mol. The Bertz CT molecular complexity index is 256. The summed E-state index contributed by atoms with van der Waals surface area (Å²) in [6.07, 6.45) is 5.76. The highest BCUT2D eigenvalue weighted by molar-refractivity contribution is 5.05. The first-order valence-electron chi connectivity index (χ1n) is 5.11. The van der Waals surface area contributed by atoms with Crippen LogP contribution in [0.5, 0.6) is 0 Å². The van der Waals surface area contributed by atoms with Gasteiger partial charge in [0.2, 0.25) is 0 Å². The number of aromatic nitrogens is 1. The number of hydrogen-bond donors (Lipinski definition) is 1. The van der Waals surface area contributed by atoms with E-state index < -0.39 is 0 Å². The molecule has 0 aromatic carbocycles. The molecule has 0 saturated carbocycles. The average molecular weight is 190 g/mol. The molecule has 0 spiro atoms. The van der Waals surface area contributed by atoms with Crippen LogP contribution in [0, 0.1) is 0 Å². The number of nitrogens with one attached hydrogen (secondary N) is 1. The van der Waals surface area contributed by atoms with Crippen molar-refractivity contribution in [2.75, 3.05) is 6.54 Å². The van der Waals surface area contributed by atoms with Crippen molar-refractivity contribution < 1.29 is 0 Å². The maximum absolute atomic E-state index is 4.31. The summed E-state index contributed by atoms with van der Waals surface area (Å²) in [6.45, 7) is 6.87. The number of nitrogens with zero attached hydrogens (tertiary/aromatic N) is 1. The summed E-state index contributed by atoms with van der Waals surface area (Å²) in [5.74, 6) is 0. The molecule has 1 rings (SSSR count). The van der Waals surface area contributed by atoms with Crippen LogP contribution in [-0.2, 0) is 6.42 Å². The van der Waals surface area contributed by atoms with Crippen molar-refractivity contribution in [3.05, 3.63) is 42.7 Å². The van der Waals surface area contributed by atoms with Crippen LogP contribution >= 0.6 is 0 Å². The van der Waals surface area contributed by atoms with Crippen molar-refractivity contribution in [1.82, 2.24) is 10.3 Å². The van der Waals surface area contributed by atoms with Gasteiger partial charge in [-0.15, -0.1) is 6.58 Å². The zero-order valence-electron chi connectivity index (χ0n) is 8.74. The Morgan fingerprint density at radius 2 is 2.43 bits per heavy atom. The van der Waals surface area contributed by atoms with Crippen LogP contribution in [0.1, 0.15) is 19.0 Å². The smallest absolute Gasteiger partial charge is 0.0419 e. The van der Waals surface area contributed by atoms with E-state index in [0.29, 0.717) is 6.04 Å². The van der Waals surface area contributed by atoms with E-state index in [1.54, 1.807) is 0 Å². The Labute approximate surface area is 86.1 Å². The van der Waals surface area contributed by atoms with E-state index in [1.165, 1.54) is 0 Å². The minimum absolute atomic E-state index is 0.465. The highest BCUT2D eigenvalue weighted by atomic mass is 14.9.